The molecule has 0 unspecified atom stereocenters. The summed E-state index contributed by atoms with van der Waals surface area (Å²) in [5, 5.41) is 0. The molecule has 8 heavy (non-hydrogen) atoms. The van der Waals surface area contributed by atoms with E-state index in [1.54, 1.807) is 0 Å². The van der Waals surface area contributed by atoms with E-state index in [1.807, 2.05) is 0 Å². The number of hydrogen-bond acceptors (Lipinski definition) is 3. The van der Waals surface area contributed by atoms with Crippen molar-refractivity contribution in [3.05, 3.63) is 0 Å². The van der Waals surface area contributed by atoms with Gasteiger partial charge in [0.2, 0.25) is 5.78 Å². The molecule has 0 bridgehead atoms. The van der Waals surface area contributed by atoms with Crippen LogP contribution in [0.25, 0.3) is 0 Å². The van der Waals surface area contributed by atoms with E-state index in [1.165, 1.54) is 11.9 Å². The van der Waals surface area contributed by atoms with Crippen molar-refractivity contribution < 1.29 is 9.59 Å². The summed E-state index contributed by atoms with van der Waals surface area (Å²) in [6, 6.07) is 0. The summed E-state index contributed by atoms with van der Waals surface area (Å²) in [5.74, 6) is -0.0464. The molecule has 44 valence electrons. The summed E-state index contributed by atoms with van der Waals surface area (Å²) in [4.78, 5) is 20.7. The number of nitrogens with one attached hydrogen (secondary N) is 1. The zero-order valence-corrected chi connectivity index (χ0v) is 4.96. The maximum absolute atomic E-state index is 10.4. The SMILES string of the molecule is O=C1CCSNC1=O. The van der Waals surface area contributed by atoms with Crippen LogP contribution in [0.4, 0.5) is 0 Å². The molecule has 1 aliphatic rings. The highest BCUT2D eigenvalue weighted by atomic mass is 32.2. The molecular formula is C4H5NO2S. The molecule has 4 heteroatoms. The van der Waals surface area contributed by atoms with Crippen LogP contribution in [0.3, 0.4) is 0 Å². The minimum absolute atomic E-state index is 0.302. The summed E-state index contributed by atoms with van der Waals surface area (Å²) in [6.07, 6.45) is 0.385. The number of hydrogen-bond donors (Lipinski definition) is 1. The number of carbonyl (C=O) groups excluding carboxylic acids is 2. The van der Waals surface area contributed by atoms with Gasteiger partial charge in [-0.25, -0.2) is 0 Å². The quantitative estimate of drug-likeness (QED) is 0.363. The van der Waals surface area contributed by atoms with Crippen molar-refractivity contribution in [1.29, 1.82) is 0 Å². The Bertz CT molecular complexity index is 118. The van der Waals surface area contributed by atoms with Gasteiger partial charge in [0.1, 0.15) is 0 Å². The molecule has 0 atom stereocenters. The number of rotatable bonds is 0. The van der Waals surface area contributed by atoms with Gasteiger partial charge in [-0.05, 0) is 11.9 Å². The lowest BCUT2D eigenvalue weighted by molar-refractivity contribution is -0.136. The van der Waals surface area contributed by atoms with E-state index in [-0.39, 0.29) is 5.78 Å². The van der Waals surface area contributed by atoms with Crippen LogP contribution in [0.15, 0.2) is 0 Å². The highest BCUT2D eigenvalue weighted by molar-refractivity contribution is 7.98. The fourth-order valence-electron chi connectivity index (χ4n) is 0.431. The van der Waals surface area contributed by atoms with Gasteiger partial charge in [0.25, 0.3) is 5.91 Å². The van der Waals surface area contributed by atoms with Gasteiger partial charge in [-0.2, -0.15) is 0 Å². The first-order valence-electron chi connectivity index (χ1n) is 2.25. The smallest absolute Gasteiger partial charge is 0.293 e. The Morgan fingerprint density at radius 1 is 1.50 bits per heavy atom. The molecule has 1 aliphatic heterocycles. The molecule has 0 saturated carbocycles. The second-order valence-corrected chi connectivity index (χ2v) is 2.35. The molecular weight excluding hydrogens is 126 g/mol. The summed E-state index contributed by atoms with van der Waals surface area (Å²) in [7, 11) is 0. The maximum Gasteiger partial charge on any atom is 0.297 e. The van der Waals surface area contributed by atoms with Crippen LogP contribution in [0, 0.1) is 0 Å². The lowest BCUT2D eigenvalue weighted by Crippen LogP contribution is -2.30. The first kappa shape index (κ1) is 5.62. The van der Waals surface area contributed by atoms with E-state index >= 15 is 0 Å². The third kappa shape index (κ3) is 1.01. The molecule has 3 nitrogen and oxygen atoms in total. The van der Waals surface area contributed by atoms with Gasteiger partial charge in [0, 0.05) is 12.2 Å². The largest absolute Gasteiger partial charge is 0.297 e. The number of Topliss-reactive ketones (excluding diaryl/α,β-unsaturated/α-hetero) is 1. The van der Waals surface area contributed by atoms with E-state index in [9.17, 15) is 9.59 Å². The zero-order valence-electron chi connectivity index (χ0n) is 4.14. The standard InChI is InChI=1S/C4H5NO2S/c6-3-1-2-8-5-4(3)7/h1-2H2,(H,5,7). The minimum Gasteiger partial charge on any atom is -0.293 e. The first-order chi connectivity index (χ1) is 3.80. The van der Waals surface area contributed by atoms with E-state index in [0.29, 0.717) is 12.2 Å². The topological polar surface area (TPSA) is 46.2 Å². The molecule has 1 N–H and O–H groups in total. The second kappa shape index (κ2) is 2.17. The van der Waals surface area contributed by atoms with Gasteiger partial charge in [0.05, 0.1) is 0 Å². The average molecular weight is 131 g/mol. The van der Waals surface area contributed by atoms with Crippen molar-refractivity contribution in [2.45, 2.75) is 6.42 Å². The van der Waals surface area contributed by atoms with E-state index in [0.717, 1.165) is 0 Å². The van der Waals surface area contributed by atoms with Crippen molar-refractivity contribution in [3.63, 3.8) is 0 Å². The van der Waals surface area contributed by atoms with Crippen LogP contribution < -0.4 is 4.72 Å². The molecule has 0 aromatic heterocycles. The third-order valence-corrected chi connectivity index (χ3v) is 1.59. The van der Waals surface area contributed by atoms with Crippen molar-refractivity contribution in [2.24, 2.45) is 0 Å². The minimum atomic E-state index is -0.457. The van der Waals surface area contributed by atoms with Crippen LogP contribution in [-0.2, 0) is 9.59 Å². The fraction of sp³-hybridized carbons (Fsp3) is 0.500. The molecule has 0 aliphatic carbocycles. The monoisotopic (exact) mass is 131 g/mol. The molecule has 1 saturated heterocycles. The third-order valence-electron chi connectivity index (χ3n) is 0.849. The van der Waals surface area contributed by atoms with Crippen LogP contribution >= 0.6 is 11.9 Å². The molecule has 0 spiro atoms. The van der Waals surface area contributed by atoms with Gasteiger partial charge >= 0.3 is 0 Å². The number of amides is 1. The molecule has 1 amide bonds. The Kier molecular flexibility index (Phi) is 1.53. The summed E-state index contributed by atoms with van der Waals surface area (Å²) < 4.78 is 2.36. The van der Waals surface area contributed by atoms with Gasteiger partial charge in [-0.3, -0.25) is 14.3 Å². The van der Waals surface area contributed by atoms with Crippen molar-refractivity contribution in [1.82, 2.24) is 4.72 Å². The van der Waals surface area contributed by atoms with Crippen LogP contribution in [0.2, 0.25) is 0 Å². The normalized spacial score (nSPS) is 20.5. The van der Waals surface area contributed by atoms with Crippen LogP contribution in [0.5, 0.6) is 0 Å². The Hall–Kier alpha value is -0.510. The highest BCUT2D eigenvalue weighted by Crippen LogP contribution is 2.03. The lowest BCUT2D eigenvalue weighted by Gasteiger charge is -2.06. The summed E-state index contributed by atoms with van der Waals surface area (Å²) in [5.41, 5.74) is 0. The fourth-order valence-corrected chi connectivity index (χ4v) is 1.07. The predicted octanol–water partition coefficient (Wildman–Crippen LogP) is -0.276. The number of ketones is 1. The Balaban J connectivity index is 2.52. The van der Waals surface area contributed by atoms with Crippen molar-refractivity contribution in [3.8, 4) is 0 Å². The van der Waals surface area contributed by atoms with E-state index in [4.69, 9.17) is 0 Å². The average Bonchev–Trinajstić information content (AvgIpc) is 1.77. The maximum atomic E-state index is 10.4. The Morgan fingerprint density at radius 3 is 2.62 bits per heavy atom. The number of carbonyl (C=O) groups is 2. The predicted molar refractivity (Wildman–Crippen MR) is 30.2 cm³/mol. The van der Waals surface area contributed by atoms with Crippen LogP contribution in [-0.4, -0.2) is 17.4 Å². The molecule has 0 aromatic carbocycles. The lowest BCUT2D eigenvalue weighted by atomic mass is 10.3. The molecule has 1 rings (SSSR count). The molecule has 0 aromatic rings. The van der Waals surface area contributed by atoms with Gasteiger partial charge < -0.3 is 0 Å². The Morgan fingerprint density at radius 2 is 2.25 bits per heavy atom. The zero-order chi connectivity index (χ0) is 5.98. The molecule has 0 radical (unpaired) electrons. The van der Waals surface area contributed by atoms with Crippen molar-refractivity contribution >= 4 is 23.6 Å². The van der Waals surface area contributed by atoms with E-state index < -0.39 is 5.91 Å². The van der Waals surface area contributed by atoms with E-state index in [2.05, 4.69) is 4.72 Å². The Labute approximate surface area is 51.0 Å². The van der Waals surface area contributed by atoms with Gasteiger partial charge in [-0.1, -0.05) is 0 Å². The van der Waals surface area contributed by atoms with Gasteiger partial charge in [0.15, 0.2) is 0 Å². The van der Waals surface area contributed by atoms with Gasteiger partial charge in [-0.15, -0.1) is 0 Å². The van der Waals surface area contributed by atoms with Crippen molar-refractivity contribution in [2.75, 3.05) is 5.75 Å². The first-order valence-corrected chi connectivity index (χ1v) is 3.24. The molecule has 1 heterocycles. The molecule has 1 fully saturated rings. The van der Waals surface area contributed by atoms with Crippen LogP contribution in [0.1, 0.15) is 6.42 Å². The summed E-state index contributed by atoms with van der Waals surface area (Å²) >= 11 is 1.29. The second-order valence-electron chi connectivity index (χ2n) is 1.45. The highest BCUT2D eigenvalue weighted by Gasteiger charge is 2.17. The summed E-state index contributed by atoms with van der Waals surface area (Å²) in [6.45, 7) is 0.